The molecule has 0 fully saturated rings. The molecule has 1 unspecified atom stereocenters. The second-order valence-electron chi connectivity index (χ2n) is 3.85. The molecule has 0 radical (unpaired) electrons. The van der Waals surface area contributed by atoms with Crippen molar-refractivity contribution in [1.29, 1.82) is 0 Å². The first kappa shape index (κ1) is 12.2. The van der Waals surface area contributed by atoms with Crippen LogP contribution in [0.15, 0.2) is 34.9 Å². The zero-order valence-electron chi connectivity index (χ0n) is 9.88. The molecule has 2 aromatic rings. The summed E-state index contributed by atoms with van der Waals surface area (Å²) in [4.78, 5) is 22.9. The van der Waals surface area contributed by atoms with Crippen molar-refractivity contribution in [2.45, 2.75) is 19.4 Å². The predicted molar refractivity (Wildman–Crippen MR) is 64.9 cm³/mol. The van der Waals surface area contributed by atoms with Gasteiger partial charge >= 0.3 is 5.97 Å². The average molecular weight is 247 g/mol. The van der Waals surface area contributed by atoms with Crippen molar-refractivity contribution in [3.8, 4) is 0 Å². The molecule has 1 atom stereocenters. The topological polar surface area (TPSA) is 82.5 Å². The summed E-state index contributed by atoms with van der Waals surface area (Å²) in [7, 11) is 0. The van der Waals surface area contributed by atoms with Gasteiger partial charge in [0.15, 0.2) is 6.10 Å². The van der Waals surface area contributed by atoms with E-state index in [1.165, 1.54) is 6.26 Å². The lowest BCUT2D eigenvalue weighted by Crippen LogP contribution is -2.32. The largest absolute Gasteiger partial charge is 0.463 e. The van der Waals surface area contributed by atoms with Crippen LogP contribution in [0.3, 0.4) is 0 Å². The average Bonchev–Trinajstić information content (AvgIpc) is 2.79. The SMILES string of the molecule is CCC(OC(=O)c1coc2ccccc12)C(N)=O. The molecule has 18 heavy (non-hydrogen) atoms. The van der Waals surface area contributed by atoms with Gasteiger partial charge in [-0.15, -0.1) is 0 Å². The number of fused-ring (bicyclic) bond motifs is 1. The fourth-order valence-corrected chi connectivity index (χ4v) is 1.67. The highest BCUT2D eigenvalue weighted by molar-refractivity contribution is 6.03. The fraction of sp³-hybridized carbons (Fsp3) is 0.231. The van der Waals surface area contributed by atoms with E-state index in [0.717, 1.165) is 0 Å². The maximum Gasteiger partial charge on any atom is 0.342 e. The molecule has 1 aromatic carbocycles. The Kier molecular flexibility index (Phi) is 3.32. The van der Waals surface area contributed by atoms with Crippen LogP contribution in [-0.4, -0.2) is 18.0 Å². The van der Waals surface area contributed by atoms with Gasteiger partial charge in [-0.2, -0.15) is 0 Å². The smallest absolute Gasteiger partial charge is 0.342 e. The summed E-state index contributed by atoms with van der Waals surface area (Å²) in [6.45, 7) is 1.72. The van der Waals surface area contributed by atoms with Crippen LogP contribution >= 0.6 is 0 Å². The van der Waals surface area contributed by atoms with Crippen molar-refractivity contribution in [1.82, 2.24) is 0 Å². The second kappa shape index (κ2) is 4.91. The van der Waals surface area contributed by atoms with Crippen LogP contribution < -0.4 is 5.73 Å². The Labute approximate surface area is 104 Å². The number of furan rings is 1. The zero-order valence-corrected chi connectivity index (χ0v) is 9.88. The number of nitrogens with two attached hydrogens (primary N) is 1. The number of primary amides is 1. The van der Waals surface area contributed by atoms with Crippen LogP contribution in [0.5, 0.6) is 0 Å². The van der Waals surface area contributed by atoms with Crippen LogP contribution in [0.25, 0.3) is 11.0 Å². The number of esters is 1. The first-order valence-corrected chi connectivity index (χ1v) is 5.60. The molecule has 2 rings (SSSR count). The minimum absolute atomic E-state index is 0.297. The van der Waals surface area contributed by atoms with E-state index in [4.69, 9.17) is 14.9 Å². The molecule has 0 saturated carbocycles. The molecule has 2 N–H and O–H groups in total. The minimum atomic E-state index is -0.911. The van der Waals surface area contributed by atoms with E-state index < -0.39 is 18.0 Å². The van der Waals surface area contributed by atoms with E-state index in [2.05, 4.69) is 0 Å². The first-order valence-electron chi connectivity index (χ1n) is 5.60. The normalized spacial score (nSPS) is 12.3. The van der Waals surface area contributed by atoms with E-state index in [0.29, 0.717) is 23.0 Å². The van der Waals surface area contributed by atoms with Gasteiger partial charge in [-0.3, -0.25) is 4.79 Å². The Hall–Kier alpha value is -2.30. The lowest BCUT2D eigenvalue weighted by Gasteiger charge is -2.11. The molecular formula is C13H13NO4. The molecule has 5 nitrogen and oxygen atoms in total. The third kappa shape index (κ3) is 2.20. The third-order valence-corrected chi connectivity index (χ3v) is 2.64. The van der Waals surface area contributed by atoms with Gasteiger partial charge in [0.25, 0.3) is 5.91 Å². The van der Waals surface area contributed by atoms with Crippen molar-refractivity contribution in [3.63, 3.8) is 0 Å². The molecule has 94 valence electrons. The Balaban J connectivity index is 2.26. The monoisotopic (exact) mass is 247 g/mol. The zero-order chi connectivity index (χ0) is 13.1. The van der Waals surface area contributed by atoms with Crippen LogP contribution in [0.2, 0.25) is 0 Å². The highest BCUT2D eigenvalue weighted by atomic mass is 16.5. The molecule has 1 aromatic heterocycles. The number of amides is 1. The van der Waals surface area contributed by atoms with Gasteiger partial charge in [-0.05, 0) is 12.5 Å². The van der Waals surface area contributed by atoms with Gasteiger partial charge in [0.1, 0.15) is 17.4 Å². The molecule has 0 bridgehead atoms. The van der Waals surface area contributed by atoms with Crippen LogP contribution in [0.1, 0.15) is 23.7 Å². The number of hydrogen-bond acceptors (Lipinski definition) is 4. The van der Waals surface area contributed by atoms with E-state index in [-0.39, 0.29) is 0 Å². The van der Waals surface area contributed by atoms with Crippen molar-refractivity contribution in [3.05, 3.63) is 36.1 Å². The number of para-hydroxylation sites is 1. The fourth-order valence-electron chi connectivity index (χ4n) is 1.67. The quantitative estimate of drug-likeness (QED) is 0.836. The Morgan fingerprint density at radius 1 is 1.39 bits per heavy atom. The number of benzene rings is 1. The standard InChI is InChI=1S/C13H13NO4/c1-2-10(12(14)15)18-13(16)9-7-17-11-6-4-3-5-8(9)11/h3-7,10H,2H2,1H3,(H2,14,15). The van der Waals surface area contributed by atoms with Gasteiger partial charge in [0.05, 0.1) is 0 Å². The van der Waals surface area contributed by atoms with Crippen LogP contribution in [-0.2, 0) is 9.53 Å². The third-order valence-electron chi connectivity index (χ3n) is 2.64. The van der Waals surface area contributed by atoms with E-state index >= 15 is 0 Å². The summed E-state index contributed by atoms with van der Waals surface area (Å²) < 4.78 is 10.3. The Morgan fingerprint density at radius 3 is 2.78 bits per heavy atom. The summed E-state index contributed by atoms with van der Waals surface area (Å²) in [5.74, 6) is -1.26. The van der Waals surface area contributed by atoms with Gasteiger partial charge in [-0.25, -0.2) is 4.79 Å². The van der Waals surface area contributed by atoms with Gasteiger partial charge in [0, 0.05) is 5.39 Å². The first-order chi connectivity index (χ1) is 8.63. The predicted octanol–water partition coefficient (Wildman–Crippen LogP) is 1.85. The van der Waals surface area contributed by atoms with E-state index in [1.807, 2.05) is 0 Å². The molecule has 0 aliphatic rings. The molecule has 0 aliphatic carbocycles. The lowest BCUT2D eigenvalue weighted by atomic mass is 10.2. The molecule has 5 heteroatoms. The molecule has 0 saturated heterocycles. The van der Waals surface area contributed by atoms with Crippen LogP contribution in [0.4, 0.5) is 0 Å². The van der Waals surface area contributed by atoms with Crippen molar-refractivity contribution < 1.29 is 18.7 Å². The van der Waals surface area contributed by atoms with Crippen molar-refractivity contribution >= 4 is 22.8 Å². The van der Waals surface area contributed by atoms with Crippen LogP contribution in [0, 0.1) is 0 Å². The number of rotatable bonds is 4. The summed E-state index contributed by atoms with van der Waals surface area (Å²) in [5.41, 5.74) is 6.01. The number of carbonyl (C=O) groups excluding carboxylic acids is 2. The lowest BCUT2D eigenvalue weighted by molar-refractivity contribution is -0.126. The summed E-state index contributed by atoms with van der Waals surface area (Å²) in [5, 5.41) is 0.654. The summed E-state index contributed by atoms with van der Waals surface area (Å²) in [6.07, 6.45) is 0.753. The molecule has 0 spiro atoms. The molecule has 1 heterocycles. The summed E-state index contributed by atoms with van der Waals surface area (Å²) in [6, 6.07) is 7.09. The van der Waals surface area contributed by atoms with Crippen molar-refractivity contribution in [2.75, 3.05) is 0 Å². The minimum Gasteiger partial charge on any atom is -0.463 e. The maximum absolute atomic E-state index is 11.9. The number of carbonyl (C=O) groups is 2. The number of ether oxygens (including phenoxy) is 1. The number of hydrogen-bond donors (Lipinski definition) is 1. The van der Waals surface area contributed by atoms with Gasteiger partial charge < -0.3 is 14.9 Å². The van der Waals surface area contributed by atoms with E-state index in [1.54, 1.807) is 31.2 Å². The molecule has 0 aliphatic heterocycles. The highest BCUT2D eigenvalue weighted by Crippen LogP contribution is 2.21. The summed E-state index contributed by atoms with van der Waals surface area (Å²) >= 11 is 0. The Morgan fingerprint density at radius 2 is 2.11 bits per heavy atom. The highest BCUT2D eigenvalue weighted by Gasteiger charge is 2.21. The van der Waals surface area contributed by atoms with E-state index in [9.17, 15) is 9.59 Å². The van der Waals surface area contributed by atoms with Crippen molar-refractivity contribution in [2.24, 2.45) is 5.73 Å². The maximum atomic E-state index is 11.9. The Bertz CT molecular complexity index is 587. The van der Waals surface area contributed by atoms with Gasteiger partial charge in [0.2, 0.25) is 0 Å². The molecular weight excluding hydrogens is 234 g/mol. The second-order valence-corrected chi connectivity index (χ2v) is 3.85. The molecule has 1 amide bonds. The van der Waals surface area contributed by atoms with Gasteiger partial charge in [-0.1, -0.05) is 25.1 Å².